The largest absolute Gasteiger partial charge is 0.331 e. The first-order chi connectivity index (χ1) is 12.9. The fourth-order valence-electron chi connectivity index (χ4n) is 3.43. The van der Waals surface area contributed by atoms with E-state index < -0.39 is 0 Å². The predicted molar refractivity (Wildman–Crippen MR) is 111 cm³/mol. The summed E-state index contributed by atoms with van der Waals surface area (Å²) >= 11 is 6.17. The van der Waals surface area contributed by atoms with Crippen LogP contribution in [0.4, 0.5) is 0 Å². The summed E-state index contributed by atoms with van der Waals surface area (Å²) in [5, 5.41) is 0.693. The number of carbonyl (C=O) groups is 1. The summed E-state index contributed by atoms with van der Waals surface area (Å²) in [6, 6.07) is 13.5. The Morgan fingerprint density at radius 1 is 1.22 bits per heavy atom. The molecule has 0 spiro atoms. The molecule has 1 amide bonds. The number of hydrogen-bond acceptors (Lipinski definition) is 2. The average Bonchev–Trinajstić information content (AvgIpc) is 2.96. The van der Waals surface area contributed by atoms with Crippen molar-refractivity contribution in [1.29, 1.82) is 0 Å². The second kappa shape index (κ2) is 8.13. The fraction of sp³-hybridized carbons (Fsp3) is 0.364. The highest BCUT2D eigenvalue weighted by Gasteiger charge is 2.21. The number of halogens is 1. The number of benzene rings is 2. The highest BCUT2D eigenvalue weighted by molar-refractivity contribution is 6.31. The molecule has 3 aromatic rings. The first kappa shape index (κ1) is 19.4. The minimum Gasteiger partial charge on any atom is -0.331 e. The molecule has 0 saturated heterocycles. The van der Waals surface area contributed by atoms with Crippen LogP contribution < -0.4 is 0 Å². The zero-order chi connectivity index (χ0) is 19.6. The maximum absolute atomic E-state index is 13.2. The number of carbonyl (C=O) groups excluding carboxylic acids is 1. The second-order valence-corrected chi connectivity index (χ2v) is 7.74. The summed E-state index contributed by atoms with van der Waals surface area (Å²) in [5.74, 6) is 1.30. The number of aryl methyl sites for hydroxylation is 2. The molecule has 2 aromatic carbocycles. The minimum absolute atomic E-state index is 0.0505. The molecule has 4 nitrogen and oxygen atoms in total. The van der Waals surface area contributed by atoms with Gasteiger partial charge in [-0.2, -0.15) is 0 Å². The topological polar surface area (TPSA) is 38.1 Å². The number of hydrogen-bond donors (Lipinski definition) is 0. The van der Waals surface area contributed by atoms with E-state index in [1.165, 1.54) is 0 Å². The first-order valence-corrected chi connectivity index (χ1v) is 9.78. The molecule has 142 valence electrons. The first-order valence-electron chi connectivity index (χ1n) is 9.40. The van der Waals surface area contributed by atoms with Crippen LogP contribution in [0.15, 0.2) is 42.5 Å². The van der Waals surface area contributed by atoms with E-state index in [-0.39, 0.29) is 5.91 Å². The van der Waals surface area contributed by atoms with E-state index in [0.717, 1.165) is 34.5 Å². The van der Waals surface area contributed by atoms with Crippen molar-refractivity contribution >= 4 is 28.5 Å². The Morgan fingerprint density at radius 2 is 1.96 bits per heavy atom. The molecule has 0 unspecified atom stereocenters. The Kier molecular flexibility index (Phi) is 5.85. The molecule has 27 heavy (non-hydrogen) atoms. The molecular weight excluding hydrogens is 358 g/mol. The molecule has 0 bridgehead atoms. The van der Waals surface area contributed by atoms with Gasteiger partial charge in [-0.3, -0.25) is 4.79 Å². The van der Waals surface area contributed by atoms with Crippen LogP contribution in [0, 0.1) is 12.8 Å². The molecule has 1 heterocycles. The van der Waals surface area contributed by atoms with Crippen molar-refractivity contribution in [3.05, 3.63) is 64.4 Å². The van der Waals surface area contributed by atoms with Crippen molar-refractivity contribution in [2.24, 2.45) is 5.92 Å². The fourth-order valence-corrected chi connectivity index (χ4v) is 3.60. The Hall–Kier alpha value is -2.33. The maximum Gasteiger partial charge on any atom is 0.254 e. The zero-order valence-electron chi connectivity index (χ0n) is 16.4. The number of imidazole rings is 1. The van der Waals surface area contributed by atoms with Gasteiger partial charge in [0, 0.05) is 23.7 Å². The number of nitrogens with zero attached hydrogens (tertiary/aromatic N) is 3. The van der Waals surface area contributed by atoms with Gasteiger partial charge in [-0.25, -0.2) is 4.98 Å². The third-order valence-electron chi connectivity index (χ3n) is 4.69. The smallest absolute Gasteiger partial charge is 0.254 e. The third-order valence-corrected chi connectivity index (χ3v) is 4.92. The van der Waals surface area contributed by atoms with Crippen LogP contribution in [0.3, 0.4) is 0 Å². The van der Waals surface area contributed by atoms with E-state index in [2.05, 4.69) is 25.3 Å². The van der Waals surface area contributed by atoms with Crippen LogP contribution >= 0.6 is 11.6 Å². The normalized spacial score (nSPS) is 11.3. The number of fused-ring (bicyclic) bond motifs is 1. The van der Waals surface area contributed by atoms with Crippen molar-refractivity contribution in [3.63, 3.8) is 0 Å². The van der Waals surface area contributed by atoms with Crippen LogP contribution in [0.2, 0.25) is 5.02 Å². The van der Waals surface area contributed by atoms with E-state index >= 15 is 0 Å². The van der Waals surface area contributed by atoms with Crippen molar-refractivity contribution < 1.29 is 4.79 Å². The molecule has 0 radical (unpaired) electrons. The molecule has 5 heteroatoms. The lowest BCUT2D eigenvalue weighted by molar-refractivity contribution is 0.0715. The summed E-state index contributed by atoms with van der Waals surface area (Å²) in [7, 11) is 0. The van der Waals surface area contributed by atoms with Crippen LogP contribution in [0.1, 0.15) is 42.5 Å². The van der Waals surface area contributed by atoms with Gasteiger partial charge in [0.15, 0.2) is 0 Å². The van der Waals surface area contributed by atoms with E-state index in [1.54, 1.807) is 0 Å². The minimum atomic E-state index is 0.0505. The summed E-state index contributed by atoms with van der Waals surface area (Å²) in [4.78, 5) is 19.9. The average molecular weight is 384 g/mol. The molecule has 1 aromatic heterocycles. The Morgan fingerprint density at radius 3 is 2.63 bits per heavy atom. The number of rotatable bonds is 6. The van der Waals surface area contributed by atoms with E-state index in [9.17, 15) is 4.79 Å². The van der Waals surface area contributed by atoms with Gasteiger partial charge in [0.1, 0.15) is 5.82 Å². The van der Waals surface area contributed by atoms with Gasteiger partial charge >= 0.3 is 0 Å². The van der Waals surface area contributed by atoms with Gasteiger partial charge in [-0.15, -0.1) is 0 Å². The van der Waals surface area contributed by atoms with Crippen molar-refractivity contribution in [1.82, 2.24) is 14.5 Å². The van der Waals surface area contributed by atoms with Crippen molar-refractivity contribution in [3.8, 4) is 0 Å². The van der Waals surface area contributed by atoms with Crippen LogP contribution in [0.25, 0.3) is 11.0 Å². The SMILES string of the molecule is CCn1c(CN(CC(C)C)C(=O)c2ccccc2C)nc2ccc(Cl)cc21. The highest BCUT2D eigenvalue weighted by Crippen LogP contribution is 2.23. The Labute approximate surface area is 165 Å². The van der Waals surface area contributed by atoms with Gasteiger partial charge < -0.3 is 9.47 Å². The van der Waals surface area contributed by atoms with Crippen LogP contribution in [0.5, 0.6) is 0 Å². The quantitative estimate of drug-likeness (QED) is 0.578. The highest BCUT2D eigenvalue weighted by atomic mass is 35.5. The monoisotopic (exact) mass is 383 g/mol. The number of aromatic nitrogens is 2. The molecule has 0 aliphatic carbocycles. The van der Waals surface area contributed by atoms with Crippen molar-refractivity contribution in [2.75, 3.05) is 6.54 Å². The maximum atomic E-state index is 13.2. The van der Waals surface area contributed by atoms with E-state index in [1.807, 2.05) is 54.3 Å². The lowest BCUT2D eigenvalue weighted by Crippen LogP contribution is -2.35. The van der Waals surface area contributed by atoms with Crippen LogP contribution in [-0.2, 0) is 13.1 Å². The standard InChI is InChI=1S/C22H26ClN3O/c1-5-26-20-12-17(23)10-11-19(20)24-21(26)14-25(13-15(2)3)22(27)18-9-7-6-8-16(18)4/h6-12,15H,5,13-14H2,1-4H3. The zero-order valence-corrected chi connectivity index (χ0v) is 17.1. The summed E-state index contributed by atoms with van der Waals surface area (Å²) in [5.41, 5.74) is 3.66. The van der Waals surface area contributed by atoms with Gasteiger partial charge in [0.25, 0.3) is 5.91 Å². The molecule has 0 aliphatic heterocycles. The Bertz CT molecular complexity index is 961. The van der Waals surface area contributed by atoms with Crippen molar-refractivity contribution in [2.45, 2.75) is 40.8 Å². The third kappa shape index (κ3) is 4.16. The predicted octanol–water partition coefficient (Wildman–Crippen LogP) is 5.32. The van der Waals surface area contributed by atoms with E-state index in [0.29, 0.717) is 24.0 Å². The van der Waals surface area contributed by atoms with Gasteiger partial charge in [-0.05, 0) is 49.6 Å². The van der Waals surface area contributed by atoms with E-state index in [4.69, 9.17) is 16.6 Å². The number of amides is 1. The van der Waals surface area contributed by atoms with Gasteiger partial charge in [0.2, 0.25) is 0 Å². The van der Waals surface area contributed by atoms with Gasteiger partial charge in [-0.1, -0.05) is 43.6 Å². The molecule has 0 N–H and O–H groups in total. The molecule has 0 saturated carbocycles. The van der Waals surface area contributed by atoms with Gasteiger partial charge in [0.05, 0.1) is 17.6 Å². The summed E-state index contributed by atoms with van der Waals surface area (Å²) in [6.45, 7) is 10.2. The summed E-state index contributed by atoms with van der Waals surface area (Å²) in [6.07, 6.45) is 0. The molecule has 3 rings (SSSR count). The molecule has 0 aliphatic rings. The molecular formula is C22H26ClN3O. The lowest BCUT2D eigenvalue weighted by Gasteiger charge is -2.25. The molecule has 0 fully saturated rings. The lowest BCUT2D eigenvalue weighted by atomic mass is 10.1. The summed E-state index contributed by atoms with van der Waals surface area (Å²) < 4.78 is 2.14. The van der Waals surface area contributed by atoms with Crippen LogP contribution in [-0.4, -0.2) is 26.9 Å². The molecule has 0 atom stereocenters. The second-order valence-electron chi connectivity index (χ2n) is 7.30. The Balaban J connectivity index is 1.99.